The fourth-order valence-corrected chi connectivity index (χ4v) is 1.89. The largest absolute Gasteiger partial charge is 0.495 e. The second kappa shape index (κ2) is 5.51. The van der Waals surface area contributed by atoms with Gasteiger partial charge in [-0.05, 0) is 51.0 Å². The molecule has 19 heavy (non-hydrogen) atoms. The van der Waals surface area contributed by atoms with Crippen LogP contribution in [0.2, 0.25) is 0 Å². The summed E-state index contributed by atoms with van der Waals surface area (Å²) >= 11 is 0. The molecule has 0 aliphatic heterocycles. The van der Waals surface area contributed by atoms with E-state index in [0.29, 0.717) is 0 Å². The van der Waals surface area contributed by atoms with Gasteiger partial charge in [-0.3, -0.25) is 0 Å². The molecule has 0 bridgehead atoms. The highest BCUT2D eigenvalue weighted by Gasteiger charge is 2.35. The molecule has 4 heteroatoms. The quantitative estimate of drug-likeness (QED) is 0.785. The minimum Gasteiger partial charge on any atom is -0.495 e. The minimum absolute atomic E-state index is 0.282. The molecule has 0 unspecified atom stereocenters. The molecule has 0 heterocycles. The Bertz CT molecular complexity index is 481. The Morgan fingerprint density at radius 3 is 2.16 bits per heavy atom. The molecule has 4 nitrogen and oxygen atoms in total. The molecule has 0 saturated carbocycles. The lowest BCUT2D eigenvalue weighted by Crippen LogP contribution is -2.49. The van der Waals surface area contributed by atoms with Crippen molar-refractivity contribution in [1.82, 2.24) is 0 Å². The Labute approximate surface area is 115 Å². The fourth-order valence-electron chi connectivity index (χ4n) is 1.89. The summed E-state index contributed by atoms with van der Waals surface area (Å²) in [7, 11) is 4.89. The van der Waals surface area contributed by atoms with E-state index in [9.17, 15) is 4.79 Å². The Morgan fingerprint density at radius 2 is 1.68 bits per heavy atom. The molecule has 106 valence electrons. The number of rotatable bonds is 4. The second-order valence-corrected chi connectivity index (χ2v) is 5.22. The lowest BCUT2D eigenvalue weighted by molar-refractivity contribution is -0.145. The predicted octanol–water partition coefficient (Wildman–Crippen LogP) is 2.70. The van der Waals surface area contributed by atoms with Crippen molar-refractivity contribution in [2.45, 2.75) is 33.2 Å². The number of anilines is 1. The number of hydrogen-bond acceptors (Lipinski definition) is 4. The summed E-state index contributed by atoms with van der Waals surface area (Å²) in [5, 5.41) is 0. The van der Waals surface area contributed by atoms with E-state index in [1.54, 1.807) is 7.11 Å². The average Bonchev–Trinajstić information content (AvgIpc) is 2.39. The number of nitrogens with zero attached hydrogens (tertiary/aromatic N) is 1. The van der Waals surface area contributed by atoms with Crippen molar-refractivity contribution in [2.75, 3.05) is 26.2 Å². The van der Waals surface area contributed by atoms with Gasteiger partial charge in [0, 0.05) is 7.05 Å². The molecule has 0 aliphatic rings. The van der Waals surface area contributed by atoms with Gasteiger partial charge in [0.05, 0.1) is 19.9 Å². The van der Waals surface area contributed by atoms with Crippen molar-refractivity contribution in [3.8, 4) is 5.75 Å². The van der Waals surface area contributed by atoms with E-state index in [1.807, 2.05) is 51.8 Å². The molecule has 0 atom stereocenters. The summed E-state index contributed by atoms with van der Waals surface area (Å²) in [6.07, 6.45) is 0. The van der Waals surface area contributed by atoms with Crippen LogP contribution in [0.15, 0.2) is 12.1 Å². The summed E-state index contributed by atoms with van der Waals surface area (Å²) in [5.74, 6) is 0.470. The van der Waals surface area contributed by atoms with Crippen molar-refractivity contribution in [3.05, 3.63) is 23.3 Å². The fraction of sp³-hybridized carbons (Fsp3) is 0.533. The van der Waals surface area contributed by atoms with Gasteiger partial charge in [0.15, 0.2) is 0 Å². The first-order valence-electron chi connectivity index (χ1n) is 6.23. The van der Waals surface area contributed by atoms with Crippen molar-refractivity contribution in [2.24, 2.45) is 0 Å². The summed E-state index contributed by atoms with van der Waals surface area (Å²) in [5.41, 5.74) is 2.43. The zero-order chi connectivity index (χ0) is 14.8. The molecular formula is C15H23NO3. The molecule has 0 amide bonds. The molecule has 0 spiro atoms. The number of benzene rings is 1. The molecule has 1 aromatic rings. The third kappa shape index (κ3) is 2.83. The Morgan fingerprint density at radius 1 is 1.16 bits per heavy atom. The van der Waals surface area contributed by atoms with E-state index in [0.717, 1.165) is 22.6 Å². The number of aryl methyl sites for hydroxylation is 2. The summed E-state index contributed by atoms with van der Waals surface area (Å²) in [6.45, 7) is 7.73. The monoisotopic (exact) mass is 265 g/mol. The van der Waals surface area contributed by atoms with Gasteiger partial charge in [-0.1, -0.05) is 0 Å². The number of carbonyl (C=O) groups excluding carboxylic acids is 1. The number of methoxy groups -OCH3 is 2. The maximum Gasteiger partial charge on any atom is 0.331 e. The van der Waals surface area contributed by atoms with Crippen LogP contribution in [0, 0.1) is 13.8 Å². The van der Waals surface area contributed by atoms with Crippen LogP contribution in [0.1, 0.15) is 25.0 Å². The van der Waals surface area contributed by atoms with E-state index >= 15 is 0 Å². The van der Waals surface area contributed by atoms with Gasteiger partial charge in [-0.15, -0.1) is 0 Å². The van der Waals surface area contributed by atoms with Gasteiger partial charge in [0.1, 0.15) is 11.3 Å². The Balaban J connectivity index is 3.29. The van der Waals surface area contributed by atoms with Crippen LogP contribution in [-0.2, 0) is 9.53 Å². The molecule has 0 N–H and O–H groups in total. The number of esters is 1. The Hall–Kier alpha value is -1.71. The van der Waals surface area contributed by atoms with E-state index in [1.165, 1.54) is 7.11 Å². The van der Waals surface area contributed by atoms with E-state index in [-0.39, 0.29) is 5.97 Å². The highest BCUT2D eigenvalue weighted by atomic mass is 16.5. The number of likely N-dealkylation sites (N-methyl/N-ethyl adjacent to an activating group) is 1. The van der Waals surface area contributed by atoms with Crippen LogP contribution < -0.4 is 9.64 Å². The van der Waals surface area contributed by atoms with Crippen molar-refractivity contribution < 1.29 is 14.3 Å². The molecule has 1 rings (SSSR count). The maximum atomic E-state index is 11.9. The van der Waals surface area contributed by atoms with E-state index in [2.05, 4.69) is 0 Å². The third-order valence-corrected chi connectivity index (χ3v) is 3.68. The average molecular weight is 265 g/mol. The van der Waals surface area contributed by atoms with Crippen molar-refractivity contribution in [3.63, 3.8) is 0 Å². The zero-order valence-electron chi connectivity index (χ0n) is 12.8. The van der Waals surface area contributed by atoms with Crippen LogP contribution in [-0.4, -0.2) is 32.8 Å². The molecule has 0 fully saturated rings. The topological polar surface area (TPSA) is 38.8 Å². The van der Waals surface area contributed by atoms with E-state index in [4.69, 9.17) is 9.47 Å². The summed E-state index contributed by atoms with van der Waals surface area (Å²) in [6, 6.07) is 4.01. The van der Waals surface area contributed by atoms with Gasteiger partial charge < -0.3 is 14.4 Å². The zero-order valence-corrected chi connectivity index (χ0v) is 12.8. The van der Waals surface area contributed by atoms with E-state index < -0.39 is 5.54 Å². The summed E-state index contributed by atoms with van der Waals surface area (Å²) < 4.78 is 10.3. The second-order valence-electron chi connectivity index (χ2n) is 5.22. The number of carbonyl (C=O) groups is 1. The van der Waals surface area contributed by atoms with Crippen molar-refractivity contribution >= 4 is 11.7 Å². The smallest absolute Gasteiger partial charge is 0.331 e. The van der Waals surface area contributed by atoms with Crippen LogP contribution in [0.4, 0.5) is 5.69 Å². The van der Waals surface area contributed by atoms with Crippen LogP contribution in [0.5, 0.6) is 5.75 Å². The highest BCUT2D eigenvalue weighted by Crippen LogP contribution is 2.34. The number of ether oxygens (including phenoxy) is 2. The van der Waals surface area contributed by atoms with Gasteiger partial charge in [0.2, 0.25) is 0 Å². The van der Waals surface area contributed by atoms with Crippen LogP contribution >= 0.6 is 0 Å². The Kier molecular flexibility index (Phi) is 4.45. The first-order chi connectivity index (χ1) is 8.75. The lowest BCUT2D eigenvalue weighted by Gasteiger charge is -2.35. The standard InChI is InChI=1S/C15H23NO3/c1-10-8-12(13(18-6)9-11(10)2)16(5)15(3,4)14(17)19-7/h8-9H,1-7H3. The predicted molar refractivity (Wildman–Crippen MR) is 77.0 cm³/mol. The SMILES string of the molecule is COC(=O)C(C)(C)N(C)c1cc(C)c(C)cc1OC. The lowest BCUT2D eigenvalue weighted by atomic mass is 10.0. The first-order valence-corrected chi connectivity index (χ1v) is 6.23. The van der Waals surface area contributed by atoms with Gasteiger partial charge in [-0.2, -0.15) is 0 Å². The molecule has 0 saturated heterocycles. The van der Waals surface area contributed by atoms with Crippen LogP contribution in [0.3, 0.4) is 0 Å². The molecule has 1 aromatic carbocycles. The van der Waals surface area contributed by atoms with Crippen molar-refractivity contribution in [1.29, 1.82) is 0 Å². The number of hydrogen-bond donors (Lipinski definition) is 0. The van der Waals surface area contributed by atoms with Crippen LogP contribution in [0.25, 0.3) is 0 Å². The molecular weight excluding hydrogens is 242 g/mol. The van der Waals surface area contributed by atoms with Gasteiger partial charge in [0.25, 0.3) is 0 Å². The molecule has 0 aromatic heterocycles. The third-order valence-electron chi connectivity index (χ3n) is 3.68. The maximum absolute atomic E-state index is 11.9. The minimum atomic E-state index is -0.760. The molecule has 0 aliphatic carbocycles. The summed E-state index contributed by atoms with van der Waals surface area (Å²) in [4.78, 5) is 13.8. The van der Waals surface area contributed by atoms with Gasteiger partial charge in [-0.25, -0.2) is 4.79 Å². The van der Waals surface area contributed by atoms with Gasteiger partial charge >= 0.3 is 5.97 Å². The first kappa shape index (κ1) is 15.3. The molecule has 0 radical (unpaired) electrons. The highest BCUT2D eigenvalue weighted by molar-refractivity contribution is 5.85. The normalized spacial score (nSPS) is 11.1.